The fraction of sp³-hybridized carbons (Fsp3) is 0.474. The summed E-state index contributed by atoms with van der Waals surface area (Å²) in [5.74, 6) is -0.800. The number of nitrogens with one attached hydrogen (secondary N) is 1. The van der Waals surface area contributed by atoms with E-state index in [9.17, 15) is 19.7 Å². The van der Waals surface area contributed by atoms with Crippen molar-refractivity contribution in [1.82, 2.24) is 9.88 Å². The number of nitrogens with zero attached hydrogens (tertiary/aromatic N) is 2. The molecule has 2 heterocycles. The Hall–Kier alpha value is -2.90. The van der Waals surface area contributed by atoms with Crippen LogP contribution in [0.3, 0.4) is 0 Å². The Morgan fingerprint density at radius 3 is 2.89 bits per heavy atom. The van der Waals surface area contributed by atoms with Gasteiger partial charge in [0.1, 0.15) is 0 Å². The van der Waals surface area contributed by atoms with E-state index >= 15 is 0 Å². The molecule has 1 aliphatic rings. The first-order valence-electron chi connectivity index (χ1n) is 9.19. The van der Waals surface area contributed by atoms with Crippen molar-refractivity contribution in [3.63, 3.8) is 0 Å². The zero-order valence-electron chi connectivity index (χ0n) is 15.4. The number of fused-ring (bicyclic) bond motifs is 1. The van der Waals surface area contributed by atoms with Gasteiger partial charge in [0.05, 0.1) is 16.0 Å². The SMILES string of the molecule is CCC1CCCCN1C(=O)C(C)OC(=O)c1c[nH]c2cc([N+](=O)[O-])ccc12. The molecular formula is C19H23N3O5. The number of carbonyl (C=O) groups excluding carboxylic acids is 2. The molecule has 1 aromatic heterocycles. The fourth-order valence-corrected chi connectivity index (χ4v) is 3.62. The van der Waals surface area contributed by atoms with Gasteiger partial charge in [-0.05, 0) is 38.7 Å². The van der Waals surface area contributed by atoms with E-state index in [2.05, 4.69) is 11.9 Å². The number of carbonyl (C=O) groups is 2. The lowest BCUT2D eigenvalue weighted by atomic mass is 9.99. The maximum atomic E-state index is 12.7. The monoisotopic (exact) mass is 373 g/mol. The highest BCUT2D eigenvalue weighted by Gasteiger charge is 2.31. The second kappa shape index (κ2) is 7.77. The molecule has 8 heteroatoms. The Balaban J connectivity index is 1.73. The predicted octanol–water partition coefficient (Wildman–Crippen LogP) is 3.41. The standard InChI is InChI=1S/C19H23N3O5/c1-3-13-6-4-5-9-21(13)18(23)12(2)27-19(24)16-11-20-17-10-14(22(25)26)7-8-15(16)17/h7-8,10-13,20H,3-6,9H2,1-2H3. The van der Waals surface area contributed by atoms with E-state index in [1.54, 1.807) is 6.92 Å². The largest absolute Gasteiger partial charge is 0.449 e. The summed E-state index contributed by atoms with van der Waals surface area (Å²) in [6.45, 7) is 4.33. The van der Waals surface area contributed by atoms with Crippen LogP contribution in [0.4, 0.5) is 5.69 Å². The molecule has 1 N–H and O–H groups in total. The molecule has 1 amide bonds. The lowest BCUT2D eigenvalue weighted by Gasteiger charge is -2.36. The number of ether oxygens (including phenoxy) is 1. The number of aromatic amines is 1. The van der Waals surface area contributed by atoms with E-state index in [1.807, 2.05) is 4.90 Å². The number of esters is 1. The predicted molar refractivity (Wildman–Crippen MR) is 99.5 cm³/mol. The van der Waals surface area contributed by atoms with Gasteiger partial charge in [0.15, 0.2) is 6.10 Å². The van der Waals surface area contributed by atoms with Crippen molar-refractivity contribution in [2.24, 2.45) is 0 Å². The molecule has 0 saturated carbocycles. The summed E-state index contributed by atoms with van der Waals surface area (Å²) in [6.07, 6.45) is 4.50. The van der Waals surface area contributed by atoms with E-state index in [0.717, 1.165) is 25.7 Å². The first kappa shape index (κ1) is 18.9. The number of piperidine rings is 1. The van der Waals surface area contributed by atoms with Crippen molar-refractivity contribution >= 4 is 28.5 Å². The Labute approximate surface area is 156 Å². The van der Waals surface area contributed by atoms with Crippen LogP contribution >= 0.6 is 0 Å². The molecule has 0 radical (unpaired) electrons. The number of non-ortho nitro benzene ring substituents is 1. The first-order valence-corrected chi connectivity index (χ1v) is 9.19. The van der Waals surface area contributed by atoms with Gasteiger partial charge in [-0.15, -0.1) is 0 Å². The maximum absolute atomic E-state index is 12.7. The number of benzene rings is 1. The van der Waals surface area contributed by atoms with Crippen LogP contribution in [0, 0.1) is 10.1 Å². The summed E-state index contributed by atoms with van der Waals surface area (Å²) < 4.78 is 5.40. The lowest BCUT2D eigenvalue weighted by molar-refractivity contribution is -0.384. The van der Waals surface area contributed by atoms with Crippen LogP contribution in [-0.2, 0) is 9.53 Å². The Morgan fingerprint density at radius 1 is 1.41 bits per heavy atom. The molecule has 8 nitrogen and oxygen atoms in total. The number of H-pyrrole nitrogens is 1. The molecule has 0 spiro atoms. The van der Waals surface area contributed by atoms with Gasteiger partial charge in [-0.2, -0.15) is 0 Å². The van der Waals surface area contributed by atoms with E-state index in [-0.39, 0.29) is 23.2 Å². The van der Waals surface area contributed by atoms with Crippen molar-refractivity contribution in [3.8, 4) is 0 Å². The fourth-order valence-electron chi connectivity index (χ4n) is 3.62. The molecule has 2 unspecified atom stereocenters. The minimum absolute atomic E-state index is 0.0662. The molecule has 0 aliphatic carbocycles. The lowest BCUT2D eigenvalue weighted by Crippen LogP contribution is -2.48. The molecule has 1 fully saturated rings. The summed E-state index contributed by atoms with van der Waals surface area (Å²) in [5.41, 5.74) is 0.658. The van der Waals surface area contributed by atoms with Crippen molar-refractivity contribution < 1.29 is 19.2 Å². The smallest absolute Gasteiger partial charge is 0.341 e. The van der Waals surface area contributed by atoms with Crippen molar-refractivity contribution in [1.29, 1.82) is 0 Å². The van der Waals surface area contributed by atoms with Crippen LogP contribution in [0.1, 0.15) is 49.9 Å². The van der Waals surface area contributed by atoms with Crippen LogP contribution < -0.4 is 0 Å². The van der Waals surface area contributed by atoms with Crippen LogP contribution in [0.25, 0.3) is 10.9 Å². The summed E-state index contributed by atoms with van der Waals surface area (Å²) >= 11 is 0. The highest BCUT2D eigenvalue weighted by atomic mass is 16.6. The number of hydrogen-bond donors (Lipinski definition) is 1. The number of hydrogen-bond acceptors (Lipinski definition) is 5. The summed E-state index contributed by atoms with van der Waals surface area (Å²) in [4.78, 5) is 40.3. The van der Waals surface area contributed by atoms with Gasteiger partial charge in [0.2, 0.25) is 0 Å². The van der Waals surface area contributed by atoms with E-state index in [1.165, 1.54) is 24.4 Å². The van der Waals surface area contributed by atoms with Crippen molar-refractivity contribution in [3.05, 3.63) is 40.1 Å². The average Bonchev–Trinajstić information content (AvgIpc) is 3.10. The molecule has 27 heavy (non-hydrogen) atoms. The molecule has 2 aromatic rings. The van der Waals surface area contributed by atoms with Crippen molar-refractivity contribution in [2.75, 3.05) is 6.54 Å². The second-order valence-electron chi connectivity index (χ2n) is 6.83. The second-order valence-corrected chi connectivity index (χ2v) is 6.83. The number of nitro benzene ring substituents is 1. The maximum Gasteiger partial charge on any atom is 0.341 e. The van der Waals surface area contributed by atoms with Crippen LogP contribution in [0.2, 0.25) is 0 Å². The molecule has 1 aromatic carbocycles. The Bertz CT molecular complexity index is 875. The topological polar surface area (TPSA) is 106 Å². The number of likely N-dealkylation sites (tertiary alicyclic amines) is 1. The summed E-state index contributed by atoms with van der Waals surface area (Å²) in [7, 11) is 0. The third-order valence-corrected chi connectivity index (χ3v) is 5.11. The number of amides is 1. The van der Waals surface area contributed by atoms with Gasteiger partial charge in [-0.3, -0.25) is 14.9 Å². The number of rotatable bonds is 5. The van der Waals surface area contributed by atoms with Crippen LogP contribution in [-0.4, -0.2) is 45.4 Å². The van der Waals surface area contributed by atoms with Crippen LogP contribution in [0.15, 0.2) is 24.4 Å². The van der Waals surface area contributed by atoms with Gasteiger partial charge in [-0.1, -0.05) is 6.92 Å². The quantitative estimate of drug-likeness (QED) is 0.491. The molecular weight excluding hydrogens is 350 g/mol. The summed E-state index contributed by atoms with van der Waals surface area (Å²) in [5, 5.41) is 11.4. The van der Waals surface area contributed by atoms with E-state index in [0.29, 0.717) is 17.4 Å². The number of aromatic nitrogens is 1. The molecule has 1 saturated heterocycles. The Morgan fingerprint density at radius 2 is 2.19 bits per heavy atom. The van der Waals surface area contributed by atoms with Crippen molar-refractivity contribution in [2.45, 2.75) is 51.7 Å². The third-order valence-electron chi connectivity index (χ3n) is 5.11. The average molecular weight is 373 g/mol. The van der Waals surface area contributed by atoms with Gasteiger partial charge >= 0.3 is 5.97 Å². The normalized spacial score (nSPS) is 18.3. The first-order chi connectivity index (χ1) is 12.9. The van der Waals surface area contributed by atoms with Crippen LogP contribution in [0.5, 0.6) is 0 Å². The molecule has 3 rings (SSSR count). The Kier molecular flexibility index (Phi) is 5.43. The third kappa shape index (κ3) is 3.79. The van der Waals surface area contributed by atoms with E-state index in [4.69, 9.17) is 4.74 Å². The molecule has 0 bridgehead atoms. The molecule has 2 atom stereocenters. The van der Waals surface area contributed by atoms with Gasteiger partial charge in [0, 0.05) is 36.3 Å². The van der Waals surface area contributed by atoms with Gasteiger partial charge < -0.3 is 14.6 Å². The zero-order chi connectivity index (χ0) is 19.6. The molecule has 1 aliphatic heterocycles. The highest BCUT2D eigenvalue weighted by molar-refractivity contribution is 6.05. The minimum Gasteiger partial charge on any atom is -0.449 e. The minimum atomic E-state index is -0.882. The molecule has 144 valence electrons. The highest BCUT2D eigenvalue weighted by Crippen LogP contribution is 2.25. The summed E-state index contributed by atoms with van der Waals surface area (Å²) in [6, 6.07) is 4.40. The number of nitro groups is 1. The van der Waals surface area contributed by atoms with Gasteiger partial charge in [0.25, 0.3) is 11.6 Å². The zero-order valence-corrected chi connectivity index (χ0v) is 15.4. The van der Waals surface area contributed by atoms with E-state index < -0.39 is 17.0 Å². The van der Waals surface area contributed by atoms with Gasteiger partial charge in [-0.25, -0.2) is 4.79 Å².